The van der Waals surface area contributed by atoms with Gasteiger partial charge in [-0.1, -0.05) is 35.5 Å². The molecule has 2 amide bonds. The van der Waals surface area contributed by atoms with Crippen LogP contribution in [0.1, 0.15) is 41.5 Å². The number of tetrazole rings is 1. The van der Waals surface area contributed by atoms with E-state index in [2.05, 4.69) is 25.9 Å². The summed E-state index contributed by atoms with van der Waals surface area (Å²) in [6.07, 6.45) is 1.99. The Morgan fingerprint density at radius 2 is 1.90 bits per heavy atom. The average Bonchev–Trinajstić information content (AvgIpc) is 3.40. The van der Waals surface area contributed by atoms with Crippen molar-refractivity contribution in [1.82, 2.24) is 25.5 Å². The van der Waals surface area contributed by atoms with E-state index in [1.807, 2.05) is 49.4 Å². The molecule has 8 heteroatoms. The number of likely N-dealkylation sites (tertiary alicyclic amines) is 1. The number of hydrogen-bond acceptors (Lipinski definition) is 5. The summed E-state index contributed by atoms with van der Waals surface area (Å²) in [5.74, 6) is 0.316. The summed E-state index contributed by atoms with van der Waals surface area (Å²) in [5, 5.41) is 16.8. The molecule has 2 heterocycles. The van der Waals surface area contributed by atoms with Crippen molar-refractivity contribution in [1.29, 1.82) is 0 Å². The SMILES string of the molecule is CC1(C(=O)Nc2ccc(Cc3nn[nH]n3)cc2)CCCN1C(=O)c1ccccc1. The van der Waals surface area contributed by atoms with Gasteiger partial charge in [0, 0.05) is 24.2 Å². The van der Waals surface area contributed by atoms with Crippen molar-refractivity contribution >= 4 is 17.5 Å². The Morgan fingerprint density at radius 3 is 2.59 bits per heavy atom. The zero-order valence-electron chi connectivity index (χ0n) is 16.1. The van der Waals surface area contributed by atoms with Crippen LogP contribution in [0.4, 0.5) is 5.69 Å². The van der Waals surface area contributed by atoms with E-state index in [-0.39, 0.29) is 11.8 Å². The van der Waals surface area contributed by atoms with Crippen LogP contribution in [-0.2, 0) is 11.2 Å². The topological polar surface area (TPSA) is 104 Å². The summed E-state index contributed by atoms with van der Waals surface area (Å²) in [6.45, 7) is 2.40. The Hall–Kier alpha value is -3.55. The van der Waals surface area contributed by atoms with Crippen LogP contribution in [-0.4, -0.2) is 49.4 Å². The van der Waals surface area contributed by atoms with Crippen molar-refractivity contribution in [2.24, 2.45) is 0 Å². The number of aromatic nitrogens is 4. The van der Waals surface area contributed by atoms with E-state index in [0.717, 1.165) is 12.0 Å². The number of carbonyl (C=O) groups is 2. The lowest BCUT2D eigenvalue weighted by molar-refractivity contribution is -0.124. The van der Waals surface area contributed by atoms with Crippen LogP contribution in [0.15, 0.2) is 54.6 Å². The van der Waals surface area contributed by atoms with Gasteiger partial charge in [-0.2, -0.15) is 5.21 Å². The Morgan fingerprint density at radius 1 is 1.14 bits per heavy atom. The number of aromatic amines is 1. The molecule has 2 N–H and O–H groups in total. The molecule has 1 saturated heterocycles. The fraction of sp³-hybridized carbons (Fsp3) is 0.286. The minimum absolute atomic E-state index is 0.115. The molecule has 0 spiro atoms. The van der Waals surface area contributed by atoms with E-state index in [0.29, 0.717) is 36.5 Å². The van der Waals surface area contributed by atoms with Gasteiger partial charge in [0.15, 0.2) is 5.82 Å². The van der Waals surface area contributed by atoms with Gasteiger partial charge in [0.2, 0.25) is 5.91 Å². The van der Waals surface area contributed by atoms with E-state index < -0.39 is 5.54 Å². The highest BCUT2D eigenvalue weighted by Crippen LogP contribution is 2.32. The van der Waals surface area contributed by atoms with Crippen LogP contribution in [0.5, 0.6) is 0 Å². The molecule has 1 unspecified atom stereocenters. The molecule has 2 aromatic carbocycles. The Bertz CT molecular complexity index is 988. The molecular weight excluding hydrogens is 368 g/mol. The number of nitrogens with one attached hydrogen (secondary N) is 2. The molecule has 1 aliphatic heterocycles. The second-order valence-electron chi connectivity index (χ2n) is 7.36. The maximum absolute atomic E-state index is 13.1. The van der Waals surface area contributed by atoms with Crippen molar-refractivity contribution in [2.75, 3.05) is 11.9 Å². The molecule has 1 aliphatic rings. The number of H-pyrrole nitrogens is 1. The zero-order valence-corrected chi connectivity index (χ0v) is 16.1. The summed E-state index contributed by atoms with van der Waals surface area (Å²) in [6, 6.07) is 16.6. The van der Waals surface area contributed by atoms with Gasteiger partial charge >= 0.3 is 0 Å². The summed E-state index contributed by atoms with van der Waals surface area (Å²) >= 11 is 0. The van der Waals surface area contributed by atoms with Gasteiger partial charge in [-0.3, -0.25) is 9.59 Å². The van der Waals surface area contributed by atoms with Gasteiger partial charge in [-0.25, -0.2) is 0 Å². The molecule has 8 nitrogen and oxygen atoms in total. The van der Waals surface area contributed by atoms with Crippen LogP contribution in [0.25, 0.3) is 0 Å². The summed E-state index contributed by atoms with van der Waals surface area (Å²) < 4.78 is 0. The second-order valence-corrected chi connectivity index (χ2v) is 7.36. The maximum atomic E-state index is 13.1. The predicted octanol–water partition coefficient (Wildman–Crippen LogP) is 2.42. The fourth-order valence-electron chi connectivity index (χ4n) is 3.67. The first-order valence-corrected chi connectivity index (χ1v) is 9.56. The minimum Gasteiger partial charge on any atom is -0.324 e. The van der Waals surface area contributed by atoms with E-state index >= 15 is 0 Å². The van der Waals surface area contributed by atoms with Gasteiger partial charge in [0.05, 0.1) is 0 Å². The van der Waals surface area contributed by atoms with Crippen LogP contribution in [0, 0.1) is 0 Å². The number of rotatable bonds is 5. The van der Waals surface area contributed by atoms with Crippen molar-refractivity contribution in [3.05, 3.63) is 71.5 Å². The first kappa shape index (κ1) is 18.8. The maximum Gasteiger partial charge on any atom is 0.254 e. The third kappa shape index (κ3) is 3.87. The molecule has 0 aliphatic carbocycles. The standard InChI is InChI=1S/C21H22N6O2/c1-21(12-5-13-27(21)19(28)16-6-3-2-4-7-16)20(29)22-17-10-8-15(9-11-17)14-18-23-25-26-24-18/h2-4,6-11H,5,12-14H2,1H3,(H,22,29)(H,23,24,25,26). The summed E-state index contributed by atoms with van der Waals surface area (Å²) in [7, 11) is 0. The molecule has 3 aromatic rings. The molecule has 0 bridgehead atoms. The van der Waals surface area contributed by atoms with Gasteiger partial charge < -0.3 is 10.2 Å². The highest BCUT2D eigenvalue weighted by molar-refractivity contribution is 6.03. The average molecular weight is 390 g/mol. The van der Waals surface area contributed by atoms with E-state index in [4.69, 9.17) is 0 Å². The Balaban J connectivity index is 1.46. The van der Waals surface area contributed by atoms with Gasteiger partial charge in [-0.05, 0) is 49.6 Å². The molecule has 0 radical (unpaired) electrons. The van der Waals surface area contributed by atoms with Crippen molar-refractivity contribution in [3.63, 3.8) is 0 Å². The normalized spacial score (nSPS) is 18.6. The molecule has 0 saturated carbocycles. The van der Waals surface area contributed by atoms with Gasteiger partial charge in [0.25, 0.3) is 5.91 Å². The second kappa shape index (κ2) is 7.83. The number of amides is 2. The first-order chi connectivity index (χ1) is 14.1. The van der Waals surface area contributed by atoms with Crippen molar-refractivity contribution in [2.45, 2.75) is 31.7 Å². The third-order valence-corrected chi connectivity index (χ3v) is 5.36. The Labute approximate surface area is 168 Å². The summed E-state index contributed by atoms with van der Waals surface area (Å²) in [4.78, 5) is 27.7. The van der Waals surface area contributed by atoms with Crippen LogP contribution < -0.4 is 5.32 Å². The molecule has 1 fully saturated rings. The lowest BCUT2D eigenvalue weighted by Gasteiger charge is -2.34. The van der Waals surface area contributed by atoms with Crippen LogP contribution in [0.3, 0.4) is 0 Å². The Kier molecular flexibility index (Phi) is 5.07. The van der Waals surface area contributed by atoms with Gasteiger partial charge in [0.1, 0.15) is 5.54 Å². The zero-order chi connectivity index (χ0) is 20.3. The van der Waals surface area contributed by atoms with Crippen LogP contribution >= 0.6 is 0 Å². The molecule has 29 heavy (non-hydrogen) atoms. The van der Waals surface area contributed by atoms with Crippen molar-refractivity contribution < 1.29 is 9.59 Å². The number of nitrogens with zero attached hydrogens (tertiary/aromatic N) is 4. The predicted molar refractivity (Wildman–Crippen MR) is 107 cm³/mol. The lowest BCUT2D eigenvalue weighted by Crippen LogP contribution is -2.53. The lowest BCUT2D eigenvalue weighted by atomic mass is 9.96. The summed E-state index contributed by atoms with van der Waals surface area (Å²) in [5.41, 5.74) is 1.42. The number of benzene rings is 2. The molecule has 4 rings (SSSR count). The number of carbonyl (C=O) groups excluding carboxylic acids is 2. The first-order valence-electron chi connectivity index (χ1n) is 9.56. The monoisotopic (exact) mass is 390 g/mol. The third-order valence-electron chi connectivity index (χ3n) is 5.36. The molecular formula is C21H22N6O2. The van der Waals surface area contributed by atoms with E-state index in [9.17, 15) is 9.59 Å². The molecule has 1 aromatic heterocycles. The number of hydrogen-bond donors (Lipinski definition) is 2. The largest absolute Gasteiger partial charge is 0.324 e. The quantitative estimate of drug-likeness (QED) is 0.696. The minimum atomic E-state index is -0.879. The highest BCUT2D eigenvalue weighted by atomic mass is 16.2. The molecule has 1 atom stereocenters. The number of anilines is 1. The van der Waals surface area contributed by atoms with Crippen molar-refractivity contribution in [3.8, 4) is 0 Å². The van der Waals surface area contributed by atoms with Gasteiger partial charge in [-0.15, -0.1) is 10.2 Å². The highest BCUT2D eigenvalue weighted by Gasteiger charge is 2.45. The molecule has 148 valence electrons. The van der Waals surface area contributed by atoms with E-state index in [1.165, 1.54) is 0 Å². The fourth-order valence-corrected chi connectivity index (χ4v) is 3.67. The smallest absolute Gasteiger partial charge is 0.254 e. The van der Waals surface area contributed by atoms with Crippen LogP contribution in [0.2, 0.25) is 0 Å². The van der Waals surface area contributed by atoms with E-state index in [1.54, 1.807) is 17.0 Å².